The summed E-state index contributed by atoms with van der Waals surface area (Å²) in [5.41, 5.74) is 1.86. The molecule has 98 valence electrons. The molecular formula is C15H20BrNO. The van der Waals surface area contributed by atoms with Crippen molar-refractivity contribution in [1.82, 2.24) is 5.32 Å². The van der Waals surface area contributed by atoms with Gasteiger partial charge in [0.05, 0.1) is 5.56 Å². The summed E-state index contributed by atoms with van der Waals surface area (Å²) in [7, 11) is 0. The number of halogens is 1. The zero-order chi connectivity index (χ0) is 13.0. The number of hydrogen-bond acceptors (Lipinski definition) is 1. The van der Waals surface area contributed by atoms with Gasteiger partial charge in [-0.3, -0.25) is 4.79 Å². The average Bonchev–Trinajstić information content (AvgIpc) is 2.61. The van der Waals surface area contributed by atoms with Crippen molar-refractivity contribution in [2.45, 2.75) is 51.5 Å². The van der Waals surface area contributed by atoms with Gasteiger partial charge in [-0.1, -0.05) is 37.3 Å². The first-order chi connectivity index (χ1) is 8.66. The summed E-state index contributed by atoms with van der Waals surface area (Å²) >= 11 is 3.45. The van der Waals surface area contributed by atoms with Crippen LogP contribution in [-0.2, 0) is 0 Å². The van der Waals surface area contributed by atoms with Gasteiger partial charge in [0.1, 0.15) is 0 Å². The summed E-state index contributed by atoms with van der Waals surface area (Å²) in [6.45, 7) is 2.01. The molecule has 1 aliphatic carbocycles. The number of hydrogen-bond donors (Lipinski definition) is 1. The Kier molecular flexibility index (Phi) is 4.81. The molecule has 1 aromatic carbocycles. The topological polar surface area (TPSA) is 29.1 Å². The SMILES string of the molecule is Cc1ccc(Br)c(C(=O)NC2CCCCCC2)c1. The van der Waals surface area contributed by atoms with Crippen molar-refractivity contribution < 1.29 is 4.79 Å². The molecule has 0 atom stereocenters. The fraction of sp³-hybridized carbons (Fsp3) is 0.533. The Hall–Kier alpha value is -0.830. The highest BCUT2D eigenvalue weighted by Crippen LogP contribution is 2.20. The van der Waals surface area contributed by atoms with E-state index in [9.17, 15) is 4.79 Å². The maximum absolute atomic E-state index is 12.3. The van der Waals surface area contributed by atoms with Crippen molar-refractivity contribution in [1.29, 1.82) is 0 Å². The largest absolute Gasteiger partial charge is 0.349 e. The minimum absolute atomic E-state index is 0.0532. The molecule has 2 nitrogen and oxygen atoms in total. The Morgan fingerprint density at radius 2 is 1.89 bits per heavy atom. The predicted molar refractivity (Wildman–Crippen MR) is 77.8 cm³/mol. The molecule has 1 aliphatic rings. The monoisotopic (exact) mass is 309 g/mol. The molecule has 0 unspecified atom stereocenters. The van der Waals surface area contributed by atoms with Gasteiger partial charge in [-0.25, -0.2) is 0 Å². The van der Waals surface area contributed by atoms with E-state index in [-0.39, 0.29) is 5.91 Å². The highest BCUT2D eigenvalue weighted by Gasteiger charge is 2.17. The molecule has 1 N–H and O–H groups in total. The Bertz CT molecular complexity index is 423. The number of aryl methyl sites for hydroxylation is 1. The van der Waals surface area contributed by atoms with Crippen LogP contribution in [0.5, 0.6) is 0 Å². The lowest BCUT2D eigenvalue weighted by atomic mass is 10.1. The van der Waals surface area contributed by atoms with Crippen LogP contribution in [0.2, 0.25) is 0 Å². The smallest absolute Gasteiger partial charge is 0.252 e. The second-order valence-corrected chi connectivity index (χ2v) is 6.00. The van der Waals surface area contributed by atoms with Gasteiger partial charge in [-0.2, -0.15) is 0 Å². The lowest BCUT2D eigenvalue weighted by molar-refractivity contribution is 0.0932. The van der Waals surface area contributed by atoms with Crippen LogP contribution in [0.3, 0.4) is 0 Å². The average molecular weight is 310 g/mol. The molecule has 0 radical (unpaired) electrons. The molecule has 0 aliphatic heterocycles. The molecule has 3 heteroatoms. The van der Waals surface area contributed by atoms with Crippen molar-refractivity contribution in [3.05, 3.63) is 33.8 Å². The molecule has 0 bridgehead atoms. The van der Waals surface area contributed by atoms with Gasteiger partial charge in [0.25, 0.3) is 5.91 Å². The Balaban J connectivity index is 2.04. The normalized spacial score (nSPS) is 17.2. The summed E-state index contributed by atoms with van der Waals surface area (Å²) in [5, 5.41) is 3.17. The van der Waals surface area contributed by atoms with E-state index in [4.69, 9.17) is 0 Å². The number of benzene rings is 1. The first-order valence-electron chi connectivity index (χ1n) is 6.74. The number of carbonyl (C=O) groups excluding carboxylic acids is 1. The number of amides is 1. The molecule has 0 saturated heterocycles. The van der Waals surface area contributed by atoms with Crippen LogP contribution < -0.4 is 5.32 Å². The molecular weight excluding hydrogens is 290 g/mol. The quantitative estimate of drug-likeness (QED) is 0.815. The molecule has 0 aromatic heterocycles. The van der Waals surface area contributed by atoms with Gasteiger partial charge in [-0.15, -0.1) is 0 Å². The van der Waals surface area contributed by atoms with Gasteiger partial charge in [0.15, 0.2) is 0 Å². The summed E-state index contributed by atoms with van der Waals surface area (Å²) in [4.78, 5) is 12.3. The molecule has 18 heavy (non-hydrogen) atoms. The van der Waals surface area contributed by atoms with Crippen molar-refractivity contribution in [3.8, 4) is 0 Å². The van der Waals surface area contributed by atoms with Gasteiger partial charge in [0, 0.05) is 10.5 Å². The van der Waals surface area contributed by atoms with E-state index in [1.165, 1.54) is 25.7 Å². The minimum atomic E-state index is 0.0532. The van der Waals surface area contributed by atoms with Crippen LogP contribution in [0.4, 0.5) is 0 Å². The van der Waals surface area contributed by atoms with E-state index < -0.39 is 0 Å². The molecule has 1 fully saturated rings. The maximum atomic E-state index is 12.3. The van der Waals surface area contributed by atoms with Gasteiger partial charge in [0.2, 0.25) is 0 Å². The Morgan fingerprint density at radius 3 is 2.56 bits per heavy atom. The molecule has 2 rings (SSSR count). The van der Waals surface area contributed by atoms with Crippen molar-refractivity contribution in [2.75, 3.05) is 0 Å². The van der Waals surface area contributed by atoms with Crippen LogP contribution in [0.15, 0.2) is 22.7 Å². The third-order valence-electron chi connectivity index (χ3n) is 3.56. The molecule has 1 amide bonds. The number of nitrogens with one attached hydrogen (secondary N) is 1. The van der Waals surface area contributed by atoms with Crippen LogP contribution in [-0.4, -0.2) is 11.9 Å². The first-order valence-corrected chi connectivity index (χ1v) is 7.53. The molecule has 1 saturated carbocycles. The molecule has 0 heterocycles. The second-order valence-electron chi connectivity index (χ2n) is 5.15. The highest BCUT2D eigenvalue weighted by molar-refractivity contribution is 9.10. The minimum Gasteiger partial charge on any atom is -0.349 e. The number of rotatable bonds is 2. The van der Waals surface area contributed by atoms with Crippen LogP contribution in [0.1, 0.15) is 54.4 Å². The fourth-order valence-electron chi connectivity index (χ4n) is 2.50. The third kappa shape index (κ3) is 3.58. The van der Waals surface area contributed by atoms with Crippen molar-refractivity contribution in [2.24, 2.45) is 0 Å². The summed E-state index contributed by atoms with van der Waals surface area (Å²) in [6.07, 6.45) is 7.32. The number of carbonyl (C=O) groups is 1. The van der Waals surface area contributed by atoms with Crippen LogP contribution in [0.25, 0.3) is 0 Å². The Morgan fingerprint density at radius 1 is 1.22 bits per heavy atom. The van der Waals surface area contributed by atoms with E-state index in [1.807, 2.05) is 25.1 Å². The van der Waals surface area contributed by atoms with E-state index in [0.29, 0.717) is 6.04 Å². The maximum Gasteiger partial charge on any atom is 0.252 e. The summed E-state index contributed by atoms with van der Waals surface area (Å²) in [6, 6.07) is 6.24. The Labute approximate surface area is 117 Å². The van der Waals surface area contributed by atoms with E-state index in [1.54, 1.807) is 0 Å². The fourth-order valence-corrected chi connectivity index (χ4v) is 2.93. The zero-order valence-electron chi connectivity index (χ0n) is 10.8. The van der Waals surface area contributed by atoms with E-state index in [0.717, 1.165) is 28.4 Å². The van der Waals surface area contributed by atoms with Gasteiger partial charge < -0.3 is 5.32 Å². The summed E-state index contributed by atoms with van der Waals surface area (Å²) < 4.78 is 0.874. The lowest BCUT2D eigenvalue weighted by Gasteiger charge is -2.17. The van der Waals surface area contributed by atoms with E-state index >= 15 is 0 Å². The third-order valence-corrected chi connectivity index (χ3v) is 4.25. The lowest BCUT2D eigenvalue weighted by Crippen LogP contribution is -2.34. The van der Waals surface area contributed by atoms with Gasteiger partial charge in [-0.05, 0) is 47.8 Å². The second kappa shape index (κ2) is 6.37. The van der Waals surface area contributed by atoms with Crippen molar-refractivity contribution in [3.63, 3.8) is 0 Å². The summed E-state index contributed by atoms with van der Waals surface area (Å²) in [5.74, 6) is 0.0532. The molecule has 0 spiro atoms. The van der Waals surface area contributed by atoms with E-state index in [2.05, 4.69) is 21.2 Å². The van der Waals surface area contributed by atoms with Crippen LogP contribution >= 0.6 is 15.9 Å². The predicted octanol–water partition coefficient (Wildman–Crippen LogP) is 4.21. The van der Waals surface area contributed by atoms with Crippen molar-refractivity contribution >= 4 is 21.8 Å². The highest BCUT2D eigenvalue weighted by atomic mass is 79.9. The van der Waals surface area contributed by atoms with Gasteiger partial charge >= 0.3 is 0 Å². The van der Waals surface area contributed by atoms with Crippen LogP contribution in [0, 0.1) is 6.92 Å². The molecule has 1 aromatic rings. The standard InChI is InChI=1S/C15H20BrNO/c1-11-8-9-14(16)13(10-11)15(18)17-12-6-4-2-3-5-7-12/h8-10,12H,2-7H2,1H3,(H,17,18). The zero-order valence-corrected chi connectivity index (χ0v) is 12.4. The first kappa shape index (κ1) is 13.6.